The van der Waals surface area contributed by atoms with Gasteiger partial charge in [-0.1, -0.05) is 61.5 Å². The summed E-state index contributed by atoms with van der Waals surface area (Å²) in [6.45, 7) is 1.97. The molecule has 0 saturated heterocycles. The first kappa shape index (κ1) is 14.8. The summed E-state index contributed by atoms with van der Waals surface area (Å²) in [7, 11) is 0. The molecule has 0 radical (unpaired) electrons. The van der Waals surface area contributed by atoms with E-state index in [1.54, 1.807) is 0 Å². The van der Waals surface area contributed by atoms with E-state index in [0.717, 1.165) is 16.8 Å². The van der Waals surface area contributed by atoms with Crippen LogP contribution in [0.1, 0.15) is 30.0 Å². The van der Waals surface area contributed by atoms with Crippen molar-refractivity contribution in [2.75, 3.05) is 0 Å². The molecule has 0 aliphatic carbocycles. The van der Waals surface area contributed by atoms with Gasteiger partial charge in [-0.05, 0) is 12.0 Å². The molecule has 2 aromatic carbocycles. The molecule has 1 unspecified atom stereocenters. The van der Waals surface area contributed by atoms with Crippen LogP contribution < -0.4 is 0 Å². The van der Waals surface area contributed by atoms with E-state index in [1.165, 1.54) is 5.56 Å². The molecule has 1 N–H and O–H groups in total. The Hall–Kier alpha value is -1.64. The van der Waals surface area contributed by atoms with Crippen molar-refractivity contribution in [2.24, 2.45) is 4.99 Å². The maximum atomic E-state index is 10.6. The summed E-state index contributed by atoms with van der Waals surface area (Å²) in [4.78, 5) is 4.62. The number of hydrogen-bond donors (Lipinski definition) is 1. The monoisotopic (exact) mass is 287 g/mol. The normalized spacial score (nSPS) is 20.6. The molecule has 2 aromatic rings. The number of nitrogens with zero attached hydrogens (tertiary/aromatic N) is 1. The smallest absolute Gasteiger partial charge is 0.160 e. The quantitative estimate of drug-likeness (QED) is 0.899. The molecule has 1 aliphatic rings. The highest BCUT2D eigenvalue weighted by molar-refractivity contribution is 6.14. The number of rotatable bonds is 2. The summed E-state index contributed by atoms with van der Waals surface area (Å²) in [5.41, 5.74) is 3.28. The van der Waals surface area contributed by atoms with Gasteiger partial charge >= 0.3 is 0 Å². The van der Waals surface area contributed by atoms with Crippen molar-refractivity contribution >= 4 is 18.1 Å². The lowest BCUT2D eigenvalue weighted by molar-refractivity contribution is 0.0446. The van der Waals surface area contributed by atoms with Gasteiger partial charge in [-0.3, -0.25) is 0 Å². The van der Waals surface area contributed by atoms with E-state index in [4.69, 9.17) is 0 Å². The molecule has 0 saturated carbocycles. The molecular formula is C17H18ClNO. The van der Waals surface area contributed by atoms with Crippen molar-refractivity contribution in [1.82, 2.24) is 0 Å². The fourth-order valence-corrected chi connectivity index (χ4v) is 2.54. The van der Waals surface area contributed by atoms with Gasteiger partial charge in [-0.25, -0.2) is 4.99 Å². The largest absolute Gasteiger partial charge is 0.369 e. The van der Waals surface area contributed by atoms with E-state index in [2.05, 4.69) is 17.1 Å². The van der Waals surface area contributed by atoms with Gasteiger partial charge in [0.15, 0.2) is 5.72 Å². The Morgan fingerprint density at radius 1 is 1.05 bits per heavy atom. The lowest BCUT2D eigenvalue weighted by Crippen LogP contribution is -2.34. The standard InChI is InChI=1S/C17H17NO.ClH/c1-2-17(19)12-14-10-6-7-11-15(14)16(18-17)13-8-4-3-5-9-13;/h3-11,19H,2,12H2,1H3;1H. The molecule has 0 fully saturated rings. The van der Waals surface area contributed by atoms with Gasteiger partial charge in [0, 0.05) is 17.5 Å². The van der Waals surface area contributed by atoms with Crippen molar-refractivity contribution in [3.8, 4) is 0 Å². The van der Waals surface area contributed by atoms with Crippen molar-refractivity contribution < 1.29 is 5.11 Å². The van der Waals surface area contributed by atoms with E-state index in [9.17, 15) is 5.11 Å². The van der Waals surface area contributed by atoms with E-state index in [0.29, 0.717) is 12.8 Å². The van der Waals surface area contributed by atoms with Gasteiger partial charge in [0.1, 0.15) is 0 Å². The van der Waals surface area contributed by atoms with Crippen LogP contribution in [0.25, 0.3) is 0 Å². The third-order valence-electron chi connectivity index (χ3n) is 3.68. The number of aliphatic imine (C=N–C) groups is 1. The van der Waals surface area contributed by atoms with Crippen molar-refractivity contribution in [3.05, 3.63) is 71.3 Å². The predicted molar refractivity (Wildman–Crippen MR) is 84.7 cm³/mol. The molecule has 104 valence electrons. The van der Waals surface area contributed by atoms with Crippen LogP contribution in [0.2, 0.25) is 0 Å². The molecule has 1 aliphatic heterocycles. The molecular weight excluding hydrogens is 270 g/mol. The van der Waals surface area contributed by atoms with Crippen LogP contribution in [0.5, 0.6) is 0 Å². The summed E-state index contributed by atoms with van der Waals surface area (Å²) >= 11 is 0. The number of benzene rings is 2. The maximum Gasteiger partial charge on any atom is 0.160 e. The molecule has 0 amide bonds. The SMILES string of the molecule is CCC1(O)Cc2ccccc2C(c2ccccc2)=N1.Cl. The van der Waals surface area contributed by atoms with Crippen molar-refractivity contribution in [2.45, 2.75) is 25.5 Å². The fourth-order valence-electron chi connectivity index (χ4n) is 2.54. The molecule has 2 nitrogen and oxygen atoms in total. The third kappa shape index (κ3) is 2.62. The zero-order chi connectivity index (χ0) is 13.3. The Morgan fingerprint density at radius 2 is 1.70 bits per heavy atom. The minimum Gasteiger partial charge on any atom is -0.369 e. The molecule has 0 bridgehead atoms. The second-order valence-electron chi connectivity index (χ2n) is 5.00. The van der Waals surface area contributed by atoms with Crippen LogP contribution in [-0.2, 0) is 6.42 Å². The van der Waals surface area contributed by atoms with Gasteiger partial charge < -0.3 is 5.11 Å². The topological polar surface area (TPSA) is 32.6 Å². The Morgan fingerprint density at radius 3 is 2.40 bits per heavy atom. The number of fused-ring (bicyclic) bond motifs is 1. The minimum absolute atomic E-state index is 0. The van der Waals surface area contributed by atoms with Gasteiger partial charge in [0.2, 0.25) is 0 Å². The molecule has 3 heteroatoms. The first-order chi connectivity index (χ1) is 9.22. The number of hydrogen-bond acceptors (Lipinski definition) is 2. The minimum atomic E-state index is -0.973. The summed E-state index contributed by atoms with van der Waals surface area (Å²) in [5, 5.41) is 10.6. The molecule has 0 aromatic heterocycles. The second-order valence-corrected chi connectivity index (χ2v) is 5.00. The maximum absolute atomic E-state index is 10.6. The van der Waals surface area contributed by atoms with E-state index < -0.39 is 5.72 Å². The highest BCUT2D eigenvalue weighted by Gasteiger charge is 2.31. The first-order valence-electron chi connectivity index (χ1n) is 6.68. The van der Waals surface area contributed by atoms with Crippen molar-refractivity contribution in [1.29, 1.82) is 0 Å². The molecule has 1 heterocycles. The summed E-state index contributed by atoms with van der Waals surface area (Å²) in [6, 6.07) is 18.3. The van der Waals surface area contributed by atoms with Crippen LogP contribution in [0.4, 0.5) is 0 Å². The zero-order valence-corrected chi connectivity index (χ0v) is 12.2. The molecule has 0 spiro atoms. The Labute approximate surface area is 125 Å². The average molecular weight is 288 g/mol. The first-order valence-corrected chi connectivity index (χ1v) is 6.68. The highest BCUT2D eigenvalue weighted by Crippen LogP contribution is 2.29. The molecule has 1 atom stereocenters. The third-order valence-corrected chi connectivity index (χ3v) is 3.68. The average Bonchev–Trinajstić information content (AvgIpc) is 2.47. The number of aliphatic hydroxyl groups is 1. The van der Waals surface area contributed by atoms with E-state index in [1.807, 2.05) is 49.4 Å². The van der Waals surface area contributed by atoms with Crippen LogP contribution in [0.15, 0.2) is 59.6 Å². The van der Waals surface area contributed by atoms with Gasteiger partial charge in [-0.2, -0.15) is 0 Å². The Balaban J connectivity index is 0.00000147. The summed E-state index contributed by atoms with van der Waals surface area (Å²) in [6.07, 6.45) is 1.22. The van der Waals surface area contributed by atoms with Crippen molar-refractivity contribution in [3.63, 3.8) is 0 Å². The second kappa shape index (κ2) is 5.78. The highest BCUT2D eigenvalue weighted by atomic mass is 35.5. The molecule has 20 heavy (non-hydrogen) atoms. The van der Waals surface area contributed by atoms with Crippen LogP contribution in [0, 0.1) is 0 Å². The molecule has 3 rings (SSSR count). The fraction of sp³-hybridized carbons (Fsp3) is 0.235. The predicted octanol–water partition coefficient (Wildman–Crippen LogP) is 3.60. The summed E-state index contributed by atoms with van der Waals surface area (Å²) < 4.78 is 0. The van der Waals surface area contributed by atoms with Crippen LogP contribution in [-0.4, -0.2) is 16.5 Å². The lowest BCUT2D eigenvalue weighted by atomic mass is 9.88. The van der Waals surface area contributed by atoms with Crippen LogP contribution >= 0.6 is 12.4 Å². The summed E-state index contributed by atoms with van der Waals surface area (Å²) in [5.74, 6) is 0. The lowest BCUT2D eigenvalue weighted by Gasteiger charge is -2.30. The van der Waals surface area contributed by atoms with E-state index >= 15 is 0 Å². The number of halogens is 1. The Kier molecular flexibility index (Phi) is 4.26. The van der Waals surface area contributed by atoms with Crippen LogP contribution in [0.3, 0.4) is 0 Å². The van der Waals surface area contributed by atoms with Gasteiger partial charge in [0.25, 0.3) is 0 Å². The van der Waals surface area contributed by atoms with E-state index in [-0.39, 0.29) is 12.4 Å². The van der Waals surface area contributed by atoms with Gasteiger partial charge in [-0.15, -0.1) is 12.4 Å². The zero-order valence-electron chi connectivity index (χ0n) is 11.4. The van der Waals surface area contributed by atoms with Gasteiger partial charge in [0.05, 0.1) is 5.71 Å². The Bertz CT molecular complexity index is 624.